The lowest BCUT2D eigenvalue weighted by Crippen LogP contribution is -2.45. The van der Waals surface area contributed by atoms with Crippen molar-refractivity contribution in [1.29, 1.82) is 0 Å². The van der Waals surface area contributed by atoms with Crippen molar-refractivity contribution in [2.75, 3.05) is 13.1 Å². The van der Waals surface area contributed by atoms with E-state index in [0.717, 1.165) is 38.8 Å². The van der Waals surface area contributed by atoms with Crippen LogP contribution >= 0.6 is 0 Å². The van der Waals surface area contributed by atoms with Crippen LogP contribution in [-0.4, -0.2) is 23.8 Å². The Morgan fingerprint density at radius 3 is 2.88 bits per heavy atom. The zero-order valence-electron chi connectivity index (χ0n) is 10.00. The number of hydrogen-bond acceptors (Lipinski definition) is 2. The molecule has 1 fully saturated rings. The molecular formula is C14H21NO. The smallest absolute Gasteiger partial charge is 0.0775 e. The molecule has 0 radical (unpaired) electrons. The number of hydrogen-bond donors (Lipinski definition) is 2. The lowest BCUT2D eigenvalue weighted by Gasteiger charge is -2.32. The van der Waals surface area contributed by atoms with E-state index in [0.29, 0.717) is 0 Å². The van der Waals surface area contributed by atoms with Crippen molar-refractivity contribution in [3.05, 3.63) is 35.4 Å². The molecule has 2 heteroatoms. The minimum atomic E-state index is -0.486. The SMILES string of the molecule is Cc1ccccc1CCC1(O)CCCNC1. The Morgan fingerprint density at radius 2 is 2.19 bits per heavy atom. The molecule has 1 aromatic rings. The Balaban J connectivity index is 1.94. The fraction of sp³-hybridized carbons (Fsp3) is 0.571. The van der Waals surface area contributed by atoms with Gasteiger partial charge in [0, 0.05) is 6.54 Å². The highest BCUT2D eigenvalue weighted by Gasteiger charge is 2.28. The maximum Gasteiger partial charge on any atom is 0.0775 e. The molecule has 0 saturated carbocycles. The predicted molar refractivity (Wildman–Crippen MR) is 66.6 cm³/mol. The molecule has 0 aliphatic carbocycles. The largest absolute Gasteiger partial charge is 0.389 e. The molecule has 1 saturated heterocycles. The first-order valence-corrected chi connectivity index (χ1v) is 6.17. The van der Waals surface area contributed by atoms with E-state index in [1.165, 1.54) is 11.1 Å². The summed E-state index contributed by atoms with van der Waals surface area (Å²) in [5.74, 6) is 0. The van der Waals surface area contributed by atoms with Crippen molar-refractivity contribution >= 4 is 0 Å². The van der Waals surface area contributed by atoms with Crippen molar-refractivity contribution < 1.29 is 5.11 Å². The van der Waals surface area contributed by atoms with E-state index in [9.17, 15) is 5.11 Å². The number of rotatable bonds is 3. The van der Waals surface area contributed by atoms with Gasteiger partial charge in [-0.3, -0.25) is 0 Å². The van der Waals surface area contributed by atoms with Crippen LogP contribution in [0.3, 0.4) is 0 Å². The first kappa shape index (κ1) is 11.6. The summed E-state index contributed by atoms with van der Waals surface area (Å²) in [6, 6.07) is 8.44. The summed E-state index contributed by atoms with van der Waals surface area (Å²) in [6.07, 6.45) is 3.87. The molecule has 1 aliphatic heterocycles. The van der Waals surface area contributed by atoms with Gasteiger partial charge in [-0.1, -0.05) is 24.3 Å². The standard InChI is InChI=1S/C14H21NO/c1-12-5-2-3-6-13(12)7-9-14(16)8-4-10-15-11-14/h2-3,5-6,15-16H,4,7-11H2,1H3. The topological polar surface area (TPSA) is 32.3 Å². The van der Waals surface area contributed by atoms with Gasteiger partial charge in [-0.2, -0.15) is 0 Å². The minimum absolute atomic E-state index is 0.486. The second kappa shape index (κ2) is 4.98. The maximum absolute atomic E-state index is 10.4. The monoisotopic (exact) mass is 219 g/mol. The fourth-order valence-corrected chi connectivity index (χ4v) is 2.42. The highest BCUT2D eigenvalue weighted by molar-refractivity contribution is 5.25. The molecule has 88 valence electrons. The Bertz CT molecular complexity index is 342. The first-order valence-electron chi connectivity index (χ1n) is 6.17. The van der Waals surface area contributed by atoms with Gasteiger partial charge >= 0.3 is 0 Å². The summed E-state index contributed by atoms with van der Waals surface area (Å²) < 4.78 is 0. The van der Waals surface area contributed by atoms with E-state index >= 15 is 0 Å². The van der Waals surface area contributed by atoms with Gasteiger partial charge in [-0.25, -0.2) is 0 Å². The third kappa shape index (κ3) is 2.83. The average Bonchev–Trinajstić information content (AvgIpc) is 2.29. The number of nitrogens with one attached hydrogen (secondary N) is 1. The van der Waals surface area contributed by atoms with Gasteiger partial charge in [0.15, 0.2) is 0 Å². The normalized spacial score (nSPS) is 25.6. The molecule has 2 N–H and O–H groups in total. The summed E-state index contributed by atoms with van der Waals surface area (Å²) in [4.78, 5) is 0. The molecule has 0 aromatic heterocycles. The Morgan fingerprint density at radius 1 is 1.38 bits per heavy atom. The molecule has 0 spiro atoms. The molecular weight excluding hydrogens is 198 g/mol. The fourth-order valence-electron chi connectivity index (χ4n) is 2.42. The van der Waals surface area contributed by atoms with Crippen LogP contribution in [0, 0.1) is 6.92 Å². The van der Waals surface area contributed by atoms with Crippen LogP contribution in [0.25, 0.3) is 0 Å². The van der Waals surface area contributed by atoms with Crippen LogP contribution < -0.4 is 5.32 Å². The Labute approximate surface area is 97.7 Å². The van der Waals surface area contributed by atoms with Crippen molar-refractivity contribution in [2.24, 2.45) is 0 Å². The van der Waals surface area contributed by atoms with Gasteiger partial charge in [0.25, 0.3) is 0 Å². The molecule has 1 aliphatic rings. The summed E-state index contributed by atoms with van der Waals surface area (Å²) in [6.45, 7) is 3.93. The number of aryl methyl sites for hydroxylation is 2. The molecule has 1 unspecified atom stereocenters. The summed E-state index contributed by atoms with van der Waals surface area (Å²) in [5, 5.41) is 13.6. The Hall–Kier alpha value is -0.860. The van der Waals surface area contributed by atoms with Crippen LogP contribution in [0.2, 0.25) is 0 Å². The van der Waals surface area contributed by atoms with Crippen molar-refractivity contribution in [3.63, 3.8) is 0 Å². The highest BCUT2D eigenvalue weighted by atomic mass is 16.3. The van der Waals surface area contributed by atoms with Crippen LogP contribution in [0.5, 0.6) is 0 Å². The maximum atomic E-state index is 10.4. The van der Waals surface area contributed by atoms with E-state index in [1.54, 1.807) is 0 Å². The average molecular weight is 219 g/mol. The van der Waals surface area contributed by atoms with Gasteiger partial charge in [0.2, 0.25) is 0 Å². The van der Waals surface area contributed by atoms with E-state index < -0.39 is 5.60 Å². The zero-order chi connectivity index (χ0) is 11.4. The van der Waals surface area contributed by atoms with Gasteiger partial charge in [-0.05, 0) is 50.3 Å². The van der Waals surface area contributed by atoms with E-state index in [2.05, 4.69) is 36.5 Å². The van der Waals surface area contributed by atoms with Gasteiger partial charge in [0.1, 0.15) is 0 Å². The quantitative estimate of drug-likeness (QED) is 0.815. The second-order valence-electron chi connectivity index (χ2n) is 4.93. The third-order valence-electron chi connectivity index (χ3n) is 3.57. The lowest BCUT2D eigenvalue weighted by molar-refractivity contribution is 0.00886. The third-order valence-corrected chi connectivity index (χ3v) is 3.57. The van der Waals surface area contributed by atoms with Gasteiger partial charge in [-0.15, -0.1) is 0 Å². The molecule has 2 rings (SSSR count). The molecule has 2 nitrogen and oxygen atoms in total. The highest BCUT2D eigenvalue weighted by Crippen LogP contribution is 2.23. The number of aliphatic hydroxyl groups is 1. The van der Waals surface area contributed by atoms with Crippen molar-refractivity contribution in [2.45, 2.75) is 38.2 Å². The summed E-state index contributed by atoms with van der Waals surface area (Å²) in [7, 11) is 0. The number of piperidine rings is 1. The number of β-amino-alcohol motifs (C(OH)–C–C–N with tert-alkyl or cyclic N) is 1. The Kier molecular flexibility index (Phi) is 3.62. The zero-order valence-corrected chi connectivity index (χ0v) is 10.00. The van der Waals surface area contributed by atoms with Gasteiger partial charge in [0.05, 0.1) is 5.60 Å². The van der Waals surface area contributed by atoms with Gasteiger partial charge < -0.3 is 10.4 Å². The first-order chi connectivity index (χ1) is 7.70. The summed E-state index contributed by atoms with van der Waals surface area (Å²) >= 11 is 0. The van der Waals surface area contributed by atoms with E-state index in [4.69, 9.17) is 0 Å². The predicted octanol–water partition coefficient (Wildman–Crippen LogP) is 2.04. The minimum Gasteiger partial charge on any atom is -0.389 e. The molecule has 0 bridgehead atoms. The lowest BCUT2D eigenvalue weighted by atomic mass is 9.87. The van der Waals surface area contributed by atoms with Crippen molar-refractivity contribution in [3.8, 4) is 0 Å². The molecule has 16 heavy (non-hydrogen) atoms. The molecule has 1 heterocycles. The number of benzene rings is 1. The van der Waals surface area contributed by atoms with Crippen LogP contribution in [-0.2, 0) is 6.42 Å². The van der Waals surface area contributed by atoms with E-state index in [1.807, 2.05) is 0 Å². The van der Waals surface area contributed by atoms with Crippen LogP contribution in [0.4, 0.5) is 0 Å². The molecule has 1 aromatic carbocycles. The molecule has 0 amide bonds. The second-order valence-corrected chi connectivity index (χ2v) is 4.93. The summed E-state index contributed by atoms with van der Waals surface area (Å²) in [5.41, 5.74) is 2.21. The van der Waals surface area contributed by atoms with Crippen molar-refractivity contribution in [1.82, 2.24) is 5.32 Å². The van der Waals surface area contributed by atoms with E-state index in [-0.39, 0.29) is 0 Å². The van der Waals surface area contributed by atoms with Crippen LogP contribution in [0.15, 0.2) is 24.3 Å². The molecule has 1 atom stereocenters. The van der Waals surface area contributed by atoms with Crippen LogP contribution in [0.1, 0.15) is 30.4 Å².